The van der Waals surface area contributed by atoms with Crippen molar-refractivity contribution in [2.24, 2.45) is 10.7 Å². The molecular formula is C28H24FN5O8. The number of ether oxygens (including phenoxy) is 1. The first-order valence-electron chi connectivity index (χ1n) is 12.7. The molecule has 42 heavy (non-hydrogen) atoms. The number of aliphatic carboxylic acids is 1. The first-order valence-corrected chi connectivity index (χ1v) is 12.7. The summed E-state index contributed by atoms with van der Waals surface area (Å²) in [4.78, 5) is 26.0. The van der Waals surface area contributed by atoms with E-state index in [1.807, 2.05) is 0 Å². The number of carbonyl (C=O) groups is 1. The van der Waals surface area contributed by atoms with Crippen LogP contribution in [0.25, 0.3) is 11.3 Å². The number of benzene rings is 2. The highest BCUT2D eigenvalue weighted by atomic mass is 19.1. The van der Waals surface area contributed by atoms with E-state index in [-0.39, 0.29) is 11.4 Å². The molecule has 4 aromatic rings. The van der Waals surface area contributed by atoms with Gasteiger partial charge in [0.1, 0.15) is 47.5 Å². The number of aliphatic hydroxyl groups is 3. The van der Waals surface area contributed by atoms with Crippen LogP contribution in [-0.4, -0.2) is 72.7 Å². The lowest BCUT2D eigenvalue weighted by Gasteiger charge is -2.38. The number of hydrogen-bond donors (Lipinski definition) is 5. The standard InChI is InChI=1S/C28H24FN5O8/c29-18-6-2-5-17-20(18)25(30)32-28(17,15-7-9-33(40)10-8-15)16-4-1-3-14(11-16)19-12-31-13-34(19)42-27-23(37)21(35)22(36)24(41-27)26(38)39/h1-13,21-24,27,35-37H,(H2,30,32)(H,38,39)/t21-,22-,23+,24-,27-,28?/m0/s1. The molecule has 4 heterocycles. The van der Waals surface area contributed by atoms with E-state index in [4.69, 9.17) is 20.3 Å². The Morgan fingerprint density at radius 3 is 2.55 bits per heavy atom. The lowest BCUT2D eigenvalue weighted by molar-refractivity contribution is -0.605. The van der Waals surface area contributed by atoms with Crippen LogP contribution in [0, 0.1) is 11.0 Å². The van der Waals surface area contributed by atoms with Crippen molar-refractivity contribution in [2.45, 2.75) is 36.2 Å². The molecule has 1 fully saturated rings. The van der Waals surface area contributed by atoms with Gasteiger partial charge < -0.3 is 40.9 Å². The minimum absolute atomic E-state index is 0.0158. The molecule has 6 N–H and O–H groups in total. The fourth-order valence-electron chi connectivity index (χ4n) is 5.37. The highest BCUT2D eigenvalue weighted by Gasteiger charge is 2.49. The third-order valence-corrected chi connectivity index (χ3v) is 7.38. The quantitative estimate of drug-likeness (QED) is 0.149. The van der Waals surface area contributed by atoms with E-state index in [1.165, 1.54) is 31.0 Å². The predicted octanol–water partition coefficient (Wildman–Crippen LogP) is -0.346. The first-order chi connectivity index (χ1) is 20.1. The van der Waals surface area contributed by atoms with Crippen molar-refractivity contribution in [1.29, 1.82) is 0 Å². The molecule has 13 nitrogen and oxygen atoms in total. The zero-order chi connectivity index (χ0) is 29.8. The Labute approximate surface area is 236 Å². The molecule has 6 rings (SSSR count). The molecule has 0 amide bonds. The van der Waals surface area contributed by atoms with Gasteiger partial charge in [-0.2, -0.15) is 9.46 Å². The summed E-state index contributed by atoms with van der Waals surface area (Å²) < 4.78 is 21.9. The van der Waals surface area contributed by atoms with Crippen LogP contribution in [0.5, 0.6) is 0 Å². The van der Waals surface area contributed by atoms with Crippen molar-refractivity contribution in [3.63, 3.8) is 0 Å². The van der Waals surface area contributed by atoms with Gasteiger partial charge in [-0.15, -0.1) is 0 Å². The Hall–Kier alpha value is -4.89. The number of imidazole rings is 1. The summed E-state index contributed by atoms with van der Waals surface area (Å²) in [6.45, 7) is 0. The van der Waals surface area contributed by atoms with Gasteiger partial charge >= 0.3 is 5.97 Å². The summed E-state index contributed by atoms with van der Waals surface area (Å²) >= 11 is 0. The molecule has 1 saturated heterocycles. The average Bonchev–Trinajstić information content (AvgIpc) is 3.57. The largest absolute Gasteiger partial charge is 0.619 e. The van der Waals surface area contributed by atoms with Crippen LogP contribution in [-0.2, 0) is 15.1 Å². The van der Waals surface area contributed by atoms with Gasteiger partial charge in [0, 0.05) is 28.8 Å². The molecule has 2 aromatic carbocycles. The number of aliphatic hydroxyl groups excluding tert-OH is 3. The van der Waals surface area contributed by atoms with Crippen molar-refractivity contribution in [3.8, 4) is 11.3 Å². The monoisotopic (exact) mass is 577 g/mol. The number of amidine groups is 1. The van der Waals surface area contributed by atoms with E-state index in [0.29, 0.717) is 32.7 Å². The third-order valence-electron chi connectivity index (χ3n) is 7.38. The molecule has 0 aliphatic carbocycles. The summed E-state index contributed by atoms with van der Waals surface area (Å²) in [6.07, 6.45) is -3.78. The zero-order valence-electron chi connectivity index (χ0n) is 21.6. The van der Waals surface area contributed by atoms with E-state index >= 15 is 0 Å². The minimum atomic E-state index is -1.88. The summed E-state index contributed by atoms with van der Waals surface area (Å²) in [5.41, 5.74) is 7.49. The van der Waals surface area contributed by atoms with E-state index in [1.54, 1.807) is 48.5 Å². The summed E-state index contributed by atoms with van der Waals surface area (Å²) in [7, 11) is 0. The molecule has 0 radical (unpaired) electrons. The number of nitrogens with zero attached hydrogens (tertiary/aromatic N) is 4. The molecular weight excluding hydrogens is 553 g/mol. The minimum Gasteiger partial charge on any atom is -0.619 e. The van der Waals surface area contributed by atoms with Crippen LogP contribution < -0.4 is 15.3 Å². The topological polar surface area (TPSA) is 200 Å². The number of rotatable bonds is 6. The second-order valence-corrected chi connectivity index (χ2v) is 9.84. The van der Waals surface area contributed by atoms with Crippen LogP contribution in [0.1, 0.15) is 22.3 Å². The Balaban J connectivity index is 1.43. The van der Waals surface area contributed by atoms with Gasteiger partial charge in [0.05, 0.1) is 11.8 Å². The average molecular weight is 578 g/mol. The van der Waals surface area contributed by atoms with E-state index in [0.717, 1.165) is 4.73 Å². The summed E-state index contributed by atoms with van der Waals surface area (Å²) in [5, 5.41) is 51.7. The van der Waals surface area contributed by atoms with Crippen LogP contribution in [0.3, 0.4) is 0 Å². The van der Waals surface area contributed by atoms with Gasteiger partial charge in [-0.1, -0.05) is 30.3 Å². The van der Waals surface area contributed by atoms with Gasteiger partial charge in [0.15, 0.2) is 18.5 Å². The van der Waals surface area contributed by atoms with Crippen LogP contribution in [0.2, 0.25) is 0 Å². The molecule has 2 aliphatic rings. The van der Waals surface area contributed by atoms with Crippen molar-refractivity contribution in [1.82, 2.24) is 9.71 Å². The van der Waals surface area contributed by atoms with Crippen LogP contribution in [0.4, 0.5) is 4.39 Å². The molecule has 1 unspecified atom stereocenters. The van der Waals surface area contributed by atoms with E-state index in [2.05, 4.69) is 4.98 Å². The number of pyridine rings is 1. The number of aliphatic imine (C=N–C) groups is 1. The number of carboxylic acid groups (broad SMARTS) is 1. The number of hydrogen-bond acceptors (Lipinski definition) is 10. The molecule has 2 aromatic heterocycles. The highest BCUT2D eigenvalue weighted by molar-refractivity contribution is 6.03. The smallest absolute Gasteiger partial charge is 0.335 e. The predicted molar refractivity (Wildman–Crippen MR) is 141 cm³/mol. The number of nitrogens with two attached hydrogens (primary N) is 1. The Morgan fingerprint density at radius 2 is 1.81 bits per heavy atom. The Kier molecular flexibility index (Phi) is 6.62. The molecule has 0 bridgehead atoms. The number of aromatic nitrogens is 3. The van der Waals surface area contributed by atoms with Gasteiger partial charge in [-0.3, -0.25) is 0 Å². The third kappa shape index (κ3) is 4.24. The van der Waals surface area contributed by atoms with Gasteiger partial charge in [0.25, 0.3) is 6.29 Å². The van der Waals surface area contributed by atoms with Gasteiger partial charge in [-0.05, 0) is 17.7 Å². The molecule has 14 heteroatoms. The number of carboxylic acids is 1. The van der Waals surface area contributed by atoms with E-state index < -0.39 is 48.0 Å². The maximum absolute atomic E-state index is 15.0. The number of halogens is 1. The lowest BCUT2D eigenvalue weighted by atomic mass is 9.77. The second kappa shape index (κ2) is 10.2. The lowest BCUT2D eigenvalue weighted by Crippen LogP contribution is -2.62. The molecule has 2 aliphatic heterocycles. The fourth-order valence-corrected chi connectivity index (χ4v) is 5.37. The summed E-state index contributed by atoms with van der Waals surface area (Å²) in [6, 6.07) is 14.6. The SMILES string of the molecule is NC1=NC(c2cc[n+]([O-])cc2)(c2cccc(-c3cncn3O[C@@H]3O[C@H](C(=O)O)[C@@H](O)[C@H](O)[C@H]3O)c2)c2cccc(F)c21. The summed E-state index contributed by atoms with van der Waals surface area (Å²) in [5.74, 6) is -2.12. The zero-order valence-corrected chi connectivity index (χ0v) is 21.6. The van der Waals surface area contributed by atoms with E-state index in [9.17, 15) is 34.8 Å². The van der Waals surface area contributed by atoms with Crippen molar-refractivity contribution < 1.29 is 43.9 Å². The first kappa shape index (κ1) is 27.3. The van der Waals surface area contributed by atoms with Crippen molar-refractivity contribution in [2.75, 3.05) is 0 Å². The molecule has 0 spiro atoms. The Morgan fingerprint density at radius 1 is 1.07 bits per heavy atom. The molecule has 216 valence electrons. The Bertz CT molecular complexity index is 1700. The van der Waals surface area contributed by atoms with Crippen LogP contribution in [0.15, 0.2) is 84.5 Å². The molecule has 6 atom stereocenters. The highest BCUT2D eigenvalue weighted by Crippen LogP contribution is 2.46. The normalized spacial score (nSPS) is 26.9. The van der Waals surface area contributed by atoms with Crippen molar-refractivity contribution in [3.05, 3.63) is 113 Å². The maximum atomic E-state index is 15.0. The maximum Gasteiger partial charge on any atom is 0.335 e. The molecule has 0 saturated carbocycles. The van der Waals surface area contributed by atoms with Crippen LogP contribution >= 0.6 is 0 Å². The van der Waals surface area contributed by atoms with Crippen molar-refractivity contribution >= 4 is 11.8 Å². The van der Waals surface area contributed by atoms with Gasteiger partial charge in [0.2, 0.25) is 0 Å². The number of fused-ring (bicyclic) bond motifs is 1. The van der Waals surface area contributed by atoms with Gasteiger partial charge in [-0.25, -0.2) is 19.2 Å². The fraction of sp³-hybridized carbons (Fsp3) is 0.214. The second-order valence-electron chi connectivity index (χ2n) is 9.84.